The van der Waals surface area contributed by atoms with Crippen LogP contribution in [0.3, 0.4) is 0 Å². The fraction of sp³-hybridized carbons (Fsp3) is 0.438. The molecule has 10 nitrogen and oxygen atoms in total. The summed E-state index contributed by atoms with van der Waals surface area (Å²) in [5, 5.41) is 10.9. The molecular formula is C16H22N4O6. The van der Waals surface area contributed by atoms with Gasteiger partial charge in [0.25, 0.3) is 0 Å². The maximum atomic E-state index is 11.8. The van der Waals surface area contributed by atoms with E-state index in [1.54, 1.807) is 6.92 Å². The second-order valence-electron chi connectivity index (χ2n) is 5.32. The summed E-state index contributed by atoms with van der Waals surface area (Å²) in [6.07, 6.45) is 0.401. The fourth-order valence-electron chi connectivity index (χ4n) is 2.01. The zero-order valence-electron chi connectivity index (χ0n) is 14.4. The molecule has 142 valence electrons. The highest BCUT2D eigenvalue weighted by Gasteiger charge is 2.20. The standard InChI is InChI=1S/C16H22N4O6/c1-2-25-15(22)11-6-8-13(9-7-11)26-14(21)5-3-4-12(20(23)24)10-19-16(17)18/h6-9,12H,2-5,10H2,1H3,(H4,17,18,19). The molecule has 0 saturated carbocycles. The van der Waals surface area contributed by atoms with Crippen molar-refractivity contribution in [2.45, 2.75) is 32.2 Å². The van der Waals surface area contributed by atoms with E-state index in [0.29, 0.717) is 5.56 Å². The molecule has 1 aromatic carbocycles. The number of benzene rings is 1. The molecule has 1 rings (SSSR count). The van der Waals surface area contributed by atoms with E-state index in [4.69, 9.17) is 20.9 Å². The Bertz CT molecular complexity index is 655. The van der Waals surface area contributed by atoms with E-state index < -0.39 is 22.9 Å². The highest BCUT2D eigenvalue weighted by Crippen LogP contribution is 2.15. The molecule has 0 saturated heterocycles. The van der Waals surface area contributed by atoms with Gasteiger partial charge in [0, 0.05) is 17.8 Å². The maximum Gasteiger partial charge on any atom is 0.338 e. The van der Waals surface area contributed by atoms with Crippen LogP contribution in [0.15, 0.2) is 29.3 Å². The maximum absolute atomic E-state index is 11.8. The van der Waals surface area contributed by atoms with E-state index >= 15 is 0 Å². The van der Waals surface area contributed by atoms with Crippen molar-refractivity contribution < 1.29 is 24.0 Å². The van der Waals surface area contributed by atoms with Crippen molar-refractivity contribution in [3.8, 4) is 5.75 Å². The van der Waals surface area contributed by atoms with Crippen LogP contribution in [0.25, 0.3) is 0 Å². The lowest BCUT2D eigenvalue weighted by atomic mass is 10.1. The van der Waals surface area contributed by atoms with E-state index in [1.807, 2.05) is 0 Å². The third-order valence-corrected chi connectivity index (χ3v) is 3.30. The van der Waals surface area contributed by atoms with Crippen LogP contribution >= 0.6 is 0 Å². The predicted molar refractivity (Wildman–Crippen MR) is 93.3 cm³/mol. The van der Waals surface area contributed by atoms with E-state index in [-0.39, 0.29) is 44.1 Å². The van der Waals surface area contributed by atoms with Crippen molar-refractivity contribution in [2.75, 3.05) is 13.2 Å². The van der Waals surface area contributed by atoms with E-state index in [9.17, 15) is 19.7 Å². The topological polar surface area (TPSA) is 160 Å². The lowest BCUT2D eigenvalue weighted by Gasteiger charge is -2.08. The fourth-order valence-corrected chi connectivity index (χ4v) is 2.01. The molecule has 1 unspecified atom stereocenters. The number of esters is 2. The summed E-state index contributed by atoms with van der Waals surface area (Å²) < 4.78 is 9.97. The molecule has 0 aliphatic heterocycles. The van der Waals surface area contributed by atoms with Crippen LogP contribution in [-0.2, 0) is 9.53 Å². The van der Waals surface area contributed by atoms with Gasteiger partial charge >= 0.3 is 11.9 Å². The van der Waals surface area contributed by atoms with Gasteiger partial charge in [-0.25, -0.2) is 9.79 Å². The first-order chi connectivity index (χ1) is 12.3. The number of carbonyl (C=O) groups is 2. The monoisotopic (exact) mass is 366 g/mol. The third-order valence-electron chi connectivity index (χ3n) is 3.30. The molecule has 0 aliphatic carbocycles. The molecule has 1 aromatic rings. The Kier molecular flexibility index (Phi) is 8.55. The SMILES string of the molecule is CCOC(=O)c1ccc(OC(=O)CCCC(CN=C(N)N)[N+](=O)[O-])cc1. The molecule has 0 heterocycles. The van der Waals surface area contributed by atoms with Gasteiger partial charge in [0.15, 0.2) is 5.96 Å². The Hall–Kier alpha value is -3.17. The minimum Gasteiger partial charge on any atom is -0.462 e. The Labute approximate surface area is 150 Å². The predicted octanol–water partition coefficient (Wildman–Crippen LogP) is 0.858. The summed E-state index contributed by atoms with van der Waals surface area (Å²) in [5.41, 5.74) is 10.7. The Morgan fingerprint density at radius 2 is 1.92 bits per heavy atom. The second kappa shape index (κ2) is 10.6. The summed E-state index contributed by atoms with van der Waals surface area (Å²) in [5.74, 6) is -0.938. The first-order valence-electron chi connectivity index (χ1n) is 8.00. The molecule has 0 fully saturated rings. The van der Waals surface area contributed by atoms with Crippen molar-refractivity contribution in [1.29, 1.82) is 0 Å². The summed E-state index contributed by atoms with van der Waals surface area (Å²) in [6.45, 7) is 1.83. The van der Waals surface area contributed by atoms with Crippen LogP contribution < -0.4 is 16.2 Å². The van der Waals surface area contributed by atoms with E-state index in [2.05, 4.69) is 4.99 Å². The van der Waals surface area contributed by atoms with Crippen molar-refractivity contribution >= 4 is 17.9 Å². The van der Waals surface area contributed by atoms with Gasteiger partial charge in [-0.3, -0.25) is 14.9 Å². The first-order valence-corrected chi connectivity index (χ1v) is 8.00. The average Bonchev–Trinajstić information content (AvgIpc) is 2.58. The van der Waals surface area contributed by atoms with Crippen LogP contribution in [0.2, 0.25) is 0 Å². The number of carbonyl (C=O) groups excluding carboxylic acids is 2. The van der Waals surface area contributed by atoms with E-state index in [0.717, 1.165) is 0 Å². The number of rotatable bonds is 10. The lowest BCUT2D eigenvalue weighted by Crippen LogP contribution is -2.28. The normalized spacial score (nSPS) is 11.3. The number of nitrogens with zero attached hydrogens (tertiary/aromatic N) is 2. The number of ether oxygens (including phenoxy) is 2. The van der Waals surface area contributed by atoms with Crippen molar-refractivity contribution in [1.82, 2.24) is 0 Å². The molecule has 1 atom stereocenters. The van der Waals surface area contributed by atoms with Gasteiger partial charge in [-0.05, 0) is 37.6 Å². The van der Waals surface area contributed by atoms with Crippen LogP contribution in [0, 0.1) is 10.1 Å². The average molecular weight is 366 g/mol. The smallest absolute Gasteiger partial charge is 0.338 e. The van der Waals surface area contributed by atoms with Gasteiger partial charge in [0.1, 0.15) is 12.3 Å². The van der Waals surface area contributed by atoms with Crippen LogP contribution in [0.4, 0.5) is 0 Å². The largest absolute Gasteiger partial charge is 0.462 e. The zero-order valence-corrected chi connectivity index (χ0v) is 14.4. The number of nitro groups is 1. The summed E-state index contributed by atoms with van der Waals surface area (Å²) >= 11 is 0. The molecule has 4 N–H and O–H groups in total. The molecule has 0 aliphatic rings. The van der Waals surface area contributed by atoms with Crippen molar-refractivity contribution in [3.05, 3.63) is 39.9 Å². The molecule has 0 radical (unpaired) electrons. The molecule has 10 heteroatoms. The van der Waals surface area contributed by atoms with E-state index in [1.165, 1.54) is 24.3 Å². The van der Waals surface area contributed by atoms with Crippen LogP contribution in [0.5, 0.6) is 5.75 Å². The minimum atomic E-state index is -0.964. The number of hydrogen-bond donors (Lipinski definition) is 2. The summed E-state index contributed by atoms with van der Waals surface area (Å²) in [6, 6.07) is 4.96. The number of hydrogen-bond acceptors (Lipinski definition) is 7. The van der Waals surface area contributed by atoms with Crippen LogP contribution in [-0.4, -0.2) is 42.0 Å². The minimum absolute atomic E-state index is 0.00574. The lowest BCUT2D eigenvalue weighted by molar-refractivity contribution is -0.520. The van der Waals surface area contributed by atoms with Gasteiger partial charge in [-0.15, -0.1) is 0 Å². The Balaban J connectivity index is 2.45. The van der Waals surface area contributed by atoms with Gasteiger partial charge in [0.2, 0.25) is 6.04 Å². The van der Waals surface area contributed by atoms with Crippen molar-refractivity contribution in [3.63, 3.8) is 0 Å². The van der Waals surface area contributed by atoms with Crippen molar-refractivity contribution in [2.24, 2.45) is 16.5 Å². The highest BCUT2D eigenvalue weighted by molar-refractivity contribution is 5.89. The van der Waals surface area contributed by atoms with Gasteiger partial charge in [0.05, 0.1) is 12.2 Å². The van der Waals surface area contributed by atoms with Gasteiger partial charge in [-0.2, -0.15) is 0 Å². The number of aliphatic imine (C=N–C) groups is 1. The van der Waals surface area contributed by atoms with Gasteiger partial charge in [-0.1, -0.05) is 0 Å². The molecule has 0 spiro atoms. The molecular weight excluding hydrogens is 344 g/mol. The molecule has 0 amide bonds. The van der Waals surface area contributed by atoms with Crippen LogP contribution in [0.1, 0.15) is 36.5 Å². The highest BCUT2D eigenvalue weighted by atomic mass is 16.6. The molecule has 0 aromatic heterocycles. The summed E-state index contributed by atoms with van der Waals surface area (Å²) in [7, 11) is 0. The molecule has 26 heavy (non-hydrogen) atoms. The molecule has 0 bridgehead atoms. The quantitative estimate of drug-likeness (QED) is 0.154. The first kappa shape index (κ1) is 20.9. The van der Waals surface area contributed by atoms with Gasteiger partial charge < -0.3 is 20.9 Å². The number of guanidine groups is 1. The second-order valence-corrected chi connectivity index (χ2v) is 5.32. The summed E-state index contributed by atoms with van der Waals surface area (Å²) in [4.78, 5) is 37.4. The third kappa shape index (κ3) is 7.60. The Morgan fingerprint density at radius 1 is 1.27 bits per heavy atom. The Morgan fingerprint density at radius 3 is 2.46 bits per heavy atom. The zero-order chi connectivity index (χ0) is 19.5. The number of nitrogens with two attached hydrogens (primary N) is 2.